The molecule has 2 heterocycles. The molecule has 0 aromatic carbocycles. The van der Waals surface area contributed by atoms with Crippen molar-refractivity contribution in [3.63, 3.8) is 0 Å². The third kappa shape index (κ3) is 2.57. The molecule has 0 aliphatic rings. The lowest BCUT2D eigenvalue weighted by Gasteiger charge is -2.07. The van der Waals surface area contributed by atoms with E-state index in [-0.39, 0.29) is 5.91 Å². The number of aromatic nitrogens is 4. The van der Waals surface area contributed by atoms with Gasteiger partial charge in [-0.15, -0.1) is 0 Å². The molecule has 0 atom stereocenters. The largest absolute Gasteiger partial charge is 0.354 e. The van der Waals surface area contributed by atoms with Gasteiger partial charge in [-0.3, -0.25) is 9.48 Å². The van der Waals surface area contributed by atoms with Crippen LogP contribution in [0.2, 0.25) is 0 Å². The highest BCUT2D eigenvalue weighted by atomic mass is 16.1. The van der Waals surface area contributed by atoms with Crippen molar-refractivity contribution in [1.29, 1.82) is 0 Å². The van der Waals surface area contributed by atoms with Gasteiger partial charge in [0, 0.05) is 32.4 Å². The Labute approximate surface area is 118 Å². The van der Waals surface area contributed by atoms with Gasteiger partial charge >= 0.3 is 0 Å². The number of aryl methyl sites for hydroxylation is 2. The summed E-state index contributed by atoms with van der Waals surface area (Å²) in [6, 6.07) is 1.69. The standard InChI is InChI=1S/C13H20N6O/c1-5-15-8-10-9(2)16-18(4)13(10)19-7-6-11(17-19)12(20)14-3/h6-7,15H,5,8H2,1-4H3,(H,14,20). The van der Waals surface area contributed by atoms with Crippen molar-refractivity contribution in [3.8, 4) is 5.82 Å². The van der Waals surface area contributed by atoms with Crippen LogP contribution in [-0.2, 0) is 13.6 Å². The molecule has 2 N–H and O–H groups in total. The summed E-state index contributed by atoms with van der Waals surface area (Å²) in [4.78, 5) is 11.6. The first kappa shape index (κ1) is 14.3. The van der Waals surface area contributed by atoms with E-state index >= 15 is 0 Å². The summed E-state index contributed by atoms with van der Waals surface area (Å²) in [5.74, 6) is 0.675. The normalized spacial score (nSPS) is 10.8. The Balaban J connectivity index is 2.41. The Hall–Kier alpha value is -2.15. The van der Waals surface area contributed by atoms with Gasteiger partial charge in [-0.05, 0) is 19.5 Å². The Morgan fingerprint density at radius 1 is 1.40 bits per heavy atom. The fourth-order valence-corrected chi connectivity index (χ4v) is 2.12. The zero-order chi connectivity index (χ0) is 14.7. The van der Waals surface area contributed by atoms with Gasteiger partial charge in [0.05, 0.1) is 5.69 Å². The van der Waals surface area contributed by atoms with Crippen LogP contribution in [0.15, 0.2) is 12.3 Å². The van der Waals surface area contributed by atoms with Crippen molar-refractivity contribution in [2.45, 2.75) is 20.4 Å². The zero-order valence-corrected chi connectivity index (χ0v) is 12.3. The molecule has 7 nitrogen and oxygen atoms in total. The first-order valence-electron chi connectivity index (χ1n) is 6.59. The fraction of sp³-hybridized carbons (Fsp3) is 0.462. The molecule has 2 rings (SSSR count). The average Bonchev–Trinajstić information content (AvgIpc) is 3.00. The predicted molar refractivity (Wildman–Crippen MR) is 75.8 cm³/mol. The first-order chi connectivity index (χ1) is 9.58. The van der Waals surface area contributed by atoms with Gasteiger partial charge in [-0.2, -0.15) is 10.2 Å². The molecule has 0 radical (unpaired) electrons. The molecule has 0 bridgehead atoms. The van der Waals surface area contributed by atoms with Crippen LogP contribution in [0.5, 0.6) is 0 Å². The highest BCUT2D eigenvalue weighted by molar-refractivity contribution is 5.91. The third-order valence-electron chi connectivity index (χ3n) is 3.13. The van der Waals surface area contributed by atoms with Crippen molar-refractivity contribution in [1.82, 2.24) is 30.2 Å². The maximum atomic E-state index is 11.6. The van der Waals surface area contributed by atoms with Crippen molar-refractivity contribution >= 4 is 5.91 Å². The van der Waals surface area contributed by atoms with Crippen LogP contribution in [0.4, 0.5) is 0 Å². The number of nitrogens with one attached hydrogen (secondary N) is 2. The number of carbonyl (C=O) groups excluding carboxylic acids is 1. The van der Waals surface area contributed by atoms with E-state index in [0.29, 0.717) is 5.69 Å². The Bertz CT molecular complexity index is 612. The van der Waals surface area contributed by atoms with Gasteiger partial charge in [0.2, 0.25) is 0 Å². The summed E-state index contributed by atoms with van der Waals surface area (Å²) >= 11 is 0. The molecule has 7 heteroatoms. The summed E-state index contributed by atoms with van der Waals surface area (Å²) < 4.78 is 3.47. The van der Waals surface area contributed by atoms with Crippen molar-refractivity contribution in [2.24, 2.45) is 7.05 Å². The lowest BCUT2D eigenvalue weighted by molar-refractivity contribution is 0.0957. The van der Waals surface area contributed by atoms with Crippen molar-refractivity contribution in [3.05, 3.63) is 29.2 Å². The minimum Gasteiger partial charge on any atom is -0.354 e. The molecule has 0 saturated carbocycles. The summed E-state index contributed by atoms with van der Waals surface area (Å²) in [6.45, 7) is 5.64. The van der Waals surface area contributed by atoms with Gasteiger partial charge < -0.3 is 10.6 Å². The molecule has 0 spiro atoms. The lowest BCUT2D eigenvalue weighted by Crippen LogP contribution is -2.19. The smallest absolute Gasteiger partial charge is 0.271 e. The number of amides is 1. The Kier molecular flexibility index (Phi) is 4.19. The number of hydrogen-bond donors (Lipinski definition) is 2. The van der Waals surface area contributed by atoms with Crippen LogP contribution in [0.1, 0.15) is 28.7 Å². The van der Waals surface area contributed by atoms with Crippen LogP contribution in [0.3, 0.4) is 0 Å². The van der Waals surface area contributed by atoms with Crippen LogP contribution in [0.25, 0.3) is 5.82 Å². The monoisotopic (exact) mass is 276 g/mol. The maximum Gasteiger partial charge on any atom is 0.271 e. The Morgan fingerprint density at radius 3 is 2.80 bits per heavy atom. The molecule has 0 fully saturated rings. The first-order valence-corrected chi connectivity index (χ1v) is 6.59. The second kappa shape index (κ2) is 5.87. The third-order valence-corrected chi connectivity index (χ3v) is 3.13. The molecule has 1 amide bonds. The van der Waals surface area contributed by atoms with E-state index in [4.69, 9.17) is 0 Å². The fourth-order valence-electron chi connectivity index (χ4n) is 2.12. The predicted octanol–water partition coefficient (Wildman–Crippen LogP) is 0.383. The van der Waals surface area contributed by atoms with E-state index < -0.39 is 0 Å². The summed E-state index contributed by atoms with van der Waals surface area (Å²) in [7, 11) is 3.46. The molecular formula is C13H20N6O. The van der Waals surface area contributed by atoms with Crippen LogP contribution < -0.4 is 10.6 Å². The minimum absolute atomic E-state index is 0.198. The topological polar surface area (TPSA) is 76.8 Å². The quantitative estimate of drug-likeness (QED) is 0.828. The molecule has 2 aromatic heterocycles. The number of carbonyl (C=O) groups is 1. The van der Waals surface area contributed by atoms with Gasteiger partial charge in [-0.25, -0.2) is 4.68 Å². The van der Waals surface area contributed by atoms with E-state index in [1.54, 1.807) is 28.7 Å². The number of hydrogen-bond acceptors (Lipinski definition) is 4. The SMILES string of the molecule is CCNCc1c(C)nn(C)c1-n1ccc(C(=O)NC)n1. The summed E-state index contributed by atoms with van der Waals surface area (Å²) in [5.41, 5.74) is 2.43. The molecule has 0 aliphatic carbocycles. The maximum absolute atomic E-state index is 11.6. The van der Waals surface area contributed by atoms with Gasteiger partial charge in [0.15, 0.2) is 11.5 Å². The number of nitrogens with zero attached hydrogens (tertiary/aromatic N) is 4. The van der Waals surface area contributed by atoms with E-state index in [9.17, 15) is 4.79 Å². The van der Waals surface area contributed by atoms with Crippen molar-refractivity contribution in [2.75, 3.05) is 13.6 Å². The molecule has 0 aliphatic heterocycles. The second-order valence-corrected chi connectivity index (χ2v) is 4.52. The molecule has 0 saturated heterocycles. The van der Waals surface area contributed by atoms with Gasteiger partial charge in [0.1, 0.15) is 0 Å². The van der Waals surface area contributed by atoms with E-state index in [1.807, 2.05) is 14.0 Å². The highest BCUT2D eigenvalue weighted by Crippen LogP contribution is 2.17. The summed E-state index contributed by atoms with van der Waals surface area (Å²) in [6.07, 6.45) is 1.77. The highest BCUT2D eigenvalue weighted by Gasteiger charge is 2.16. The van der Waals surface area contributed by atoms with E-state index in [0.717, 1.165) is 30.2 Å². The van der Waals surface area contributed by atoms with E-state index in [2.05, 4.69) is 27.8 Å². The average molecular weight is 276 g/mol. The van der Waals surface area contributed by atoms with E-state index in [1.165, 1.54) is 0 Å². The summed E-state index contributed by atoms with van der Waals surface area (Å²) in [5, 5.41) is 14.6. The molecule has 2 aromatic rings. The van der Waals surface area contributed by atoms with Crippen LogP contribution in [-0.4, -0.2) is 39.1 Å². The molecule has 20 heavy (non-hydrogen) atoms. The Morgan fingerprint density at radius 2 is 2.15 bits per heavy atom. The molecule has 0 unspecified atom stereocenters. The van der Waals surface area contributed by atoms with Gasteiger partial charge in [-0.1, -0.05) is 6.92 Å². The van der Waals surface area contributed by atoms with Crippen LogP contribution in [0, 0.1) is 6.92 Å². The second-order valence-electron chi connectivity index (χ2n) is 4.52. The van der Waals surface area contributed by atoms with Gasteiger partial charge in [0.25, 0.3) is 5.91 Å². The van der Waals surface area contributed by atoms with Crippen LogP contribution >= 0.6 is 0 Å². The number of rotatable bonds is 5. The van der Waals surface area contributed by atoms with Crippen molar-refractivity contribution < 1.29 is 4.79 Å². The zero-order valence-electron chi connectivity index (χ0n) is 12.3. The minimum atomic E-state index is -0.198. The lowest BCUT2D eigenvalue weighted by atomic mass is 10.2. The molecule has 108 valence electrons. The molecular weight excluding hydrogens is 256 g/mol.